The van der Waals surface area contributed by atoms with E-state index in [1.165, 1.54) is 11.1 Å². The fourth-order valence-electron chi connectivity index (χ4n) is 7.28. The third-order valence-corrected chi connectivity index (χ3v) is 8.94. The van der Waals surface area contributed by atoms with Crippen molar-refractivity contribution in [3.05, 3.63) is 82.8 Å². The minimum Gasteiger partial charge on any atom is -0.454 e. The topological polar surface area (TPSA) is 17.0 Å². The van der Waals surface area contributed by atoms with Crippen LogP contribution < -0.4 is 4.57 Å². The Morgan fingerprint density at radius 1 is 0.811 bits per heavy atom. The van der Waals surface area contributed by atoms with Gasteiger partial charge in [-0.2, -0.15) is 0 Å². The van der Waals surface area contributed by atoms with Gasteiger partial charge in [-0.25, -0.2) is 8.96 Å². The standard InChI is InChI=1S/C34H37FNO/c1-20-12-13-21-22-14-15-24(35)27(30(22)37-29(21)26(20)25-11-9-10-18-36(25)8)23-19-34(6,7)31-28(23)32(2,3)16-17-33(31,4)5/h9-15,18-19H,16-17H2,1-8H3/q+1. The molecule has 2 aromatic carbocycles. The summed E-state index contributed by atoms with van der Waals surface area (Å²) in [5, 5.41) is 1.99. The Kier molecular flexibility index (Phi) is 5.00. The summed E-state index contributed by atoms with van der Waals surface area (Å²) in [5.74, 6) is -0.218. The summed E-state index contributed by atoms with van der Waals surface area (Å²) in [4.78, 5) is 0. The van der Waals surface area contributed by atoms with Crippen LogP contribution in [0.4, 0.5) is 4.39 Å². The molecule has 2 aliphatic carbocycles. The molecule has 0 spiro atoms. The molecule has 0 saturated heterocycles. The normalized spacial score (nSPS) is 20.0. The second-order valence-corrected chi connectivity index (χ2v) is 13.0. The van der Waals surface area contributed by atoms with Gasteiger partial charge in [0.15, 0.2) is 6.20 Å². The van der Waals surface area contributed by atoms with Crippen LogP contribution in [0.25, 0.3) is 38.8 Å². The highest BCUT2D eigenvalue weighted by Gasteiger charge is 2.49. The Hall–Kier alpha value is -3.20. The molecule has 0 atom stereocenters. The number of pyridine rings is 1. The first kappa shape index (κ1) is 24.2. The summed E-state index contributed by atoms with van der Waals surface area (Å²) in [6, 6.07) is 14.0. The number of aromatic nitrogens is 1. The van der Waals surface area contributed by atoms with E-state index in [2.05, 4.69) is 77.3 Å². The monoisotopic (exact) mass is 494 g/mol. The van der Waals surface area contributed by atoms with Gasteiger partial charge in [-0.05, 0) is 65.5 Å². The average Bonchev–Trinajstić information content (AvgIpc) is 3.33. The van der Waals surface area contributed by atoms with Gasteiger partial charge in [-0.3, -0.25) is 0 Å². The summed E-state index contributed by atoms with van der Waals surface area (Å²) in [6.07, 6.45) is 6.57. The van der Waals surface area contributed by atoms with Crippen molar-refractivity contribution in [2.75, 3.05) is 0 Å². The Morgan fingerprint density at radius 2 is 1.46 bits per heavy atom. The van der Waals surface area contributed by atoms with Crippen molar-refractivity contribution in [1.82, 2.24) is 0 Å². The van der Waals surface area contributed by atoms with Crippen molar-refractivity contribution in [1.29, 1.82) is 0 Å². The lowest BCUT2D eigenvalue weighted by atomic mass is 9.59. The first-order chi connectivity index (χ1) is 17.3. The largest absolute Gasteiger partial charge is 0.454 e. The van der Waals surface area contributed by atoms with Crippen LogP contribution in [-0.4, -0.2) is 0 Å². The number of nitrogens with zero attached hydrogens (tertiary/aromatic N) is 1. The number of rotatable bonds is 2. The maximum atomic E-state index is 16.0. The van der Waals surface area contributed by atoms with Crippen molar-refractivity contribution in [2.45, 2.75) is 61.3 Å². The van der Waals surface area contributed by atoms with Crippen LogP contribution in [0.5, 0.6) is 0 Å². The summed E-state index contributed by atoms with van der Waals surface area (Å²) >= 11 is 0. The van der Waals surface area contributed by atoms with Crippen LogP contribution in [0, 0.1) is 29.0 Å². The van der Waals surface area contributed by atoms with Crippen molar-refractivity contribution in [2.24, 2.45) is 23.3 Å². The van der Waals surface area contributed by atoms with Gasteiger partial charge >= 0.3 is 0 Å². The van der Waals surface area contributed by atoms with E-state index in [-0.39, 0.29) is 22.1 Å². The van der Waals surface area contributed by atoms with E-state index >= 15 is 4.39 Å². The predicted molar refractivity (Wildman–Crippen MR) is 151 cm³/mol. The van der Waals surface area contributed by atoms with Gasteiger partial charge in [-0.1, -0.05) is 65.3 Å². The molecule has 2 heterocycles. The lowest BCUT2D eigenvalue weighted by Gasteiger charge is -2.46. The predicted octanol–water partition coefficient (Wildman–Crippen LogP) is 9.09. The van der Waals surface area contributed by atoms with Gasteiger partial charge in [0.05, 0.1) is 11.1 Å². The number of hydrogen-bond acceptors (Lipinski definition) is 1. The number of benzene rings is 2. The molecule has 2 nitrogen and oxygen atoms in total. The molecule has 0 amide bonds. The molecule has 3 heteroatoms. The molecule has 0 fully saturated rings. The van der Waals surface area contributed by atoms with E-state index < -0.39 is 0 Å². The Labute approximate surface area is 219 Å². The highest BCUT2D eigenvalue weighted by Crippen LogP contribution is 2.63. The van der Waals surface area contributed by atoms with Crippen molar-refractivity contribution in [3.8, 4) is 11.3 Å². The third-order valence-electron chi connectivity index (χ3n) is 8.94. The van der Waals surface area contributed by atoms with Gasteiger partial charge in [0.1, 0.15) is 24.0 Å². The smallest absolute Gasteiger partial charge is 0.216 e. The molecule has 6 rings (SSSR count). The van der Waals surface area contributed by atoms with Gasteiger partial charge in [-0.15, -0.1) is 0 Å². The van der Waals surface area contributed by atoms with Crippen molar-refractivity contribution >= 4 is 27.5 Å². The average molecular weight is 495 g/mol. The zero-order chi connectivity index (χ0) is 26.5. The molecule has 0 bridgehead atoms. The van der Waals surface area contributed by atoms with Crippen molar-refractivity contribution in [3.63, 3.8) is 0 Å². The molecule has 0 aliphatic heterocycles. The number of halogens is 1. The van der Waals surface area contributed by atoms with E-state index in [0.29, 0.717) is 11.1 Å². The van der Waals surface area contributed by atoms with Crippen LogP contribution in [0.3, 0.4) is 0 Å². The van der Waals surface area contributed by atoms with E-state index in [9.17, 15) is 0 Å². The van der Waals surface area contributed by atoms with Gasteiger partial charge in [0.25, 0.3) is 0 Å². The van der Waals surface area contributed by atoms with Gasteiger partial charge < -0.3 is 4.42 Å². The molecule has 190 valence electrons. The molecule has 0 radical (unpaired) electrons. The second-order valence-electron chi connectivity index (χ2n) is 13.0. The molecule has 0 unspecified atom stereocenters. The highest BCUT2D eigenvalue weighted by molar-refractivity contribution is 6.13. The zero-order valence-corrected chi connectivity index (χ0v) is 23.3. The summed E-state index contributed by atoms with van der Waals surface area (Å²) in [5.41, 5.74) is 9.01. The number of hydrogen-bond donors (Lipinski definition) is 0. The second kappa shape index (κ2) is 7.66. The first-order valence-electron chi connectivity index (χ1n) is 13.4. The Balaban J connectivity index is 1.70. The van der Waals surface area contributed by atoms with Crippen LogP contribution >= 0.6 is 0 Å². The SMILES string of the molecule is Cc1ccc2c(oc3c(C4=CC(C)(C)C5=C4C(C)(C)CCC5(C)C)c(F)ccc32)c1-c1cccc[n+]1C. The first-order valence-corrected chi connectivity index (χ1v) is 13.4. The lowest BCUT2D eigenvalue weighted by Crippen LogP contribution is -2.34. The van der Waals surface area contributed by atoms with Crippen LogP contribution in [0.2, 0.25) is 0 Å². The van der Waals surface area contributed by atoms with Gasteiger partial charge in [0.2, 0.25) is 5.69 Å². The molecule has 4 aromatic rings. The van der Waals surface area contributed by atoms with Crippen LogP contribution in [-0.2, 0) is 7.05 Å². The summed E-state index contributed by atoms with van der Waals surface area (Å²) in [6.45, 7) is 16.0. The molecule has 2 aromatic heterocycles. The fourth-order valence-corrected chi connectivity index (χ4v) is 7.28. The third kappa shape index (κ3) is 3.39. The molecule has 37 heavy (non-hydrogen) atoms. The maximum Gasteiger partial charge on any atom is 0.216 e. The Bertz CT molecular complexity index is 1680. The minimum absolute atomic E-state index is 0.0371. The van der Waals surface area contributed by atoms with Gasteiger partial charge in [0, 0.05) is 28.3 Å². The summed E-state index contributed by atoms with van der Waals surface area (Å²) in [7, 11) is 2.05. The van der Waals surface area contributed by atoms with E-state index in [4.69, 9.17) is 4.42 Å². The number of aryl methyl sites for hydroxylation is 2. The molecule has 2 aliphatic rings. The number of furan rings is 1. The molecular formula is C34H37FNO+. The van der Waals surface area contributed by atoms with Crippen LogP contribution in [0.15, 0.2) is 70.3 Å². The number of allylic oxidation sites excluding steroid dienone is 4. The zero-order valence-electron chi connectivity index (χ0n) is 23.3. The van der Waals surface area contributed by atoms with E-state index in [1.54, 1.807) is 6.07 Å². The lowest BCUT2D eigenvalue weighted by molar-refractivity contribution is -0.660. The molecule has 0 N–H and O–H groups in total. The molecule has 0 saturated carbocycles. The fraction of sp³-hybridized carbons (Fsp3) is 0.382. The molecular weight excluding hydrogens is 457 g/mol. The quantitative estimate of drug-likeness (QED) is 0.254. The summed E-state index contributed by atoms with van der Waals surface area (Å²) < 4.78 is 24.9. The van der Waals surface area contributed by atoms with Crippen LogP contribution in [0.1, 0.15) is 65.5 Å². The minimum atomic E-state index is -0.218. The van der Waals surface area contributed by atoms with E-state index in [1.807, 2.05) is 31.4 Å². The van der Waals surface area contributed by atoms with E-state index in [0.717, 1.165) is 51.6 Å². The number of fused-ring (bicyclic) bond motifs is 3. The van der Waals surface area contributed by atoms with Crippen molar-refractivity contribution < 1.29 is 13.4 Å². The highest BCUT2D eigenvalue weighted by atomic mass is 19.1. The Morgan fingerprint density at radius 3 is 2.16 bits per heavy atom. The maximum absolute atomic E-state index is 16.0.